The molecule has 0 saturated heterocycles. The number of hydrogen-bond donors (Lipinski definition) is 4. The Morgan fingerprint density at radius 1 is 0.956 bits per heavy atom. The Balaban J connectivity index is 1.14. The van der Waals surface area contributed by atoms with Crippen LogP contribution in [0, 0.1) is 23.7 Å². The van der Waals surface area contributed by atoms with Gasteiger partial charge >= 0.3 is 0 Å². The van der Waals surface area contributed by atoms with Crippen molar-refractivity contribution in [2.45, 2.75) is 63.6 Å². The molecule has 2 aromatic heterocycles. The summed E-state index contributed by atoms with van der Waals surface area (Å²) in [5, 5.41) is 11.1. The summed E-state index contributed by atoms with van der Waals surface area (Å²) in [6, 6.07) is 8.72. The van der Waals surface area contributed by atoms with Crippen molar-refractivity contribution in [3.8, 4) is 0 Å². The van der Waals surface area contributed by atoms with E-state index in [9.17, 15) is 28.8 Å². The highest BCUT2D eigenvalue weighted by molar-refractivity contribution is 6.36. The van der Waals surface area contributed by atoms with E-state index in [-0.39, 0.29) is 42.6 Å². The zero-order valence-electron chi connectivity index (χ0n) is 25.0. The Morgan fingerprint density at radius 2 is 1.67 bits per heavy atom. The van der Waals surface area contributed by atoms with Crippen LogP contribution in [-0.4, -0.2) is 53.1 Å². The zero-order chi connectivity index (χ0) is 31.7. The molecule has 4 aliphatic rings. The van der Waals surface area contributed by atoms with Crippen LogP contribution in [0.15, 0.2) is 58.1 Å². The van der Waals surface area contributed by atoms with Crippen molar-refractivity contribution < 1.29 is 28.4 Å². The quantitative estimate of drug-likeness (QED) is 0.240. The highest BCUT2D eigenvalue weighted by Gasteiger charge is 2.48. The summed E-state index contributed by atoms with van der Waals surface area (Å²) in [5.74, 6) is -0.664. The van der Waals surface area contributed by atoms with Crippen molar-refractivity contribution >= 4 is 46.1 Å². The number of nitrogens with one attached hydrogen (secondary N) is 4. The third kappa shape index (κ3) is 6.40. The summed E-state index contributed by atoms with van der Waals surface area (Å²) in [6.07, 6.45) is 8.17. The number of aromatic nitrogens is 1. The number of likely N-dealkylation sites (N-methyl/N-ethyl adjacent to an activating group) is 1. The van der Waals surface area contributed by atoms with E-state index >= 15 is 0 Å². The van der Waals surface area contributed by atoms with Gasteiger partial charge in [-0.05, 0) is 80.4 Å². The van der Waals surface area contributed by atoms with Crippen molar-refractivity contribution in [3.05, 3.63) is 64.8 Å². The van der Waals surface area contributed by atoms with E-state index in [0.29, 0.717) is 22.8 Å². The second-order valence-electron chi connectivity index (χ2n) is 12.6. The molecular formula is C33H37N5O7. The maximum Gasteiger partial charge on any atom is 0.287 e. The van der Waals surface area contributed by atoms with Crippen LogP contribution in [-0.2, 0) is 25.7 Å². The van der Waals surface area contributed by atoms with Gasteiger partial charge in [0.1, 0.15) is 30.1 Å². The Morgan fingerprint density at radius 3 is 2.38 bits per heavy atom. The molecule has 1 atom stereocenters. The number of nitrogens with zero attached hydrogens (tertiary/aromatic N) is 1. The van der Waals surface area contributed by atoms with Gasteiger partial charge in [0.25, 0.3) is 17.4 Å². The normalized spacial score (nSPS) is 23.7. The second-order valence-corrected chi connectivity index (χ2v) is 12.6. The molecule has 12 nitrogen and oxygen atoms in total. The monoisotopic (exact) mass is 615 g/mol. The highest BCUT2D eigenvalue weighted by atomic mass is 16.3. The summed E-state index contributed by atoms with van der Waals surface area (Å²) in [6.45, 7) is -0.195. The minimum atomic E-state index is -1.27. The Labute approximate surface area is 259 Å². The van der Waals surface area contributed by atoms with Crippen molar-refractivity contribution in [2.75, 3.05) is 12.4 Å². The Hall–Kier alpha value is -4.74. The zero-order valence-corrected chi connectivity index (χ0v) is 25.0. The molecule has 4 saturated carbocycles. The van der Waals surface area contributed by atoms with Gasteiger partial charge in [-0.3, -0.25) is 28.8 Å². The average molecular weight is 616 g/mol. The van der Waals surface area contributed by atoms with Crippen LogP contribution in [0.2, 0.25) is 0 Å². The van der Waals surface area contributed by atoms with E-state index in [1.807, 2.05) is 0 Å². The molecule has 4 amide bonds. The summed E-state index contributed by atoms with van der Waals surface area (Å²) in [4.78, 5) is 77.0. The van der Waals surface area contributed by atoms with E-state index in [0.717, 1.165) is 37.5 Å². The third-order valence-corrected chi connectivity index (χ3v) is 9.63. The minimum Gasteiger partial charge on any atom is -0.463 e. The number of Topliss-reactive ketones (excluding diaryl/α,β-unsaturated/α-hetero) is 1. The lowest BCUT2D eigenvalue weighted by molar-refractivity contribution is -0.137. The molecule has 3 aromatic rings. The molecular weight excluding hydrogens is 578 g/mol. The largest absolute Gasteiger partial charge is 0.463 e. The molecule has 236 valence electrons. The van der Waals surface area contributed by atoms with Crippen molar-refractivity contribution in [1.82, 2.24) is 20.5 Å². The summed E-state index contributed by atoms with van der Waals surface area (Å²) in [7, 11) is 1.32. The lowest BCUT2D eigenvalue weighted by Crippen LogP contribution is -2.56. The van der Waals surface area contributed by atoms with Gasteiger partial charge in [0.2, 0.25) is 17.6 Å². The molecule has 12 heteroatoms. The van der Waals surface area contributed by atoms with Gasteiger partial charge in [0, 0.05) is 31.1 Å². The SMILES string of the molecule is CNC(=O)C(=O)CC[C@H](NC(=O)c1coc2ccccc12)C(=O)Nc1cccn(CC(=O)NC2C3CC4CC(C3)CC2C4)c1=O. The molecule has 4 bridgehead atoms. The van der Waals surface area contributed by atoms with Gasteiger partial charge in [-0.2, -0.15) is 0 Å². The van der Waals surface area contributed by atoms with Crippen LogP contribution in [0.3, 0.4) is 0 Å². The Bertz CT molecular complexity index is 1680. The molecule has 0 radical (unpaired) electrons. The number of anilines is 1. The number of carbonyl (C=O) groups is 5. The number of para-hydroxylation sites is 1. The third-order valence-electron chi connectivity index (χ3n) is 9.63. The van der Waals surface area contributed by atoms with Gasteiger partial charge in [-0.1, -0.05) is 18.2 Å². The lowest BCUT2D eigenvalue weighted by Gasteiger charge is -2.54. The fraction of sp³-hybridized carbons (Fsp3) is 0.455. The van der Waals surface area contributed by atoms with Crippen LogP contribution in [0.4, 0.5) is 5.69 Å². The fourth-order valence-corrected chi connectivity index (χ4v) is 7.71. The standard InChI is InChI=1S/C33H37N5O7/c1-34-32(43)26(39)9-8-24(35-30(41)23-17-45-27-7-3-2-5-22(23)27)31(42)36-25-6-4-10-38(33(25)44)16-28(40)37-29-20-12-18-11-19(14-20)15-21(29)13-18/h2-7,10,17-21,24,29H,8-9,11-16H2,1H3,(H,34,43)(H,35,41)(H,36,42)(H,37,40)/t18?,19?,20?,21?,24-,29?/m0/s1. The average Bonchev–Trinajstić information content (AvgIpc) is 3.46. The van der Waals surface area contributed by atoms with Crippen LogP contribution < -0.4 is 26.8 Å². The van der Waals surface area contributed by atoms with Crippen LogP contribution in [0.1, 0.15) is 55.3 Å². The predicted octanol–water partition coefficient (Wildman–Crippen LogP) is 2.37. The van der Waals surface area contributed by atoms with Gasteiger partial charge in [-0.15, -0.1) is 0 Å². The van der Waals surface area contributed by atoms with Crippen molar-refractivity contribution in [1.29, 1.82) is 0 Å². The number of fused-ring (bicyclic) bond motifs is 1. The Kier molecular flexibility index (Phi) is 8.55. The molecule has 0 aliphatic heterocycles. The molecule has 1 aromatic carbocycles. The molecule has 4 fully saturated rings. The van der Waals surface area contributed by atoms with Crippen LogP contribution in [0.5, 0.6) is 0 Å². The molecule has 7 rings (SSSR count). The number of hydrogen-bond acceptors (Lipinski definition) is 7. The summed E-state index contributed by atoms with van der Waals surface area (Å²) in [5.41, 5.74) is -0.00199. The van der Waals surface area contributed by atoms with Crippen molar-refractivity contribution in [2.24, 2.45) is 23.7 Å². The first kappa shape index (κ1) is 30.3. The lowest BCUT2D eigenvalue weighted by atomic mass is 9.54. The van der Waals surface area contributed by atoms with Crippen molar-refractivity contribution in [3.63, 3.8) is 0 Å². The van der Waals surface area contributed by atoms with Gasteiger partial charge in [0.15, 0.2) is 0 Å². The first-order valence-corrected chi connectivity index (χ1v) is 15.5. The maximum absolute atomic E-state index is 13.4. The number of rotatable bonds is 11. The molecule has 0 spiro atoms. The molecule has 2 heterocycles. The predicted molar refractivity (Wildman–Crippen MR) is 164 cm³/mol. The first-order chi connectivity index (χ1) is 21.7. The number of pyridine rings is 1. The number of ketones is 1. The molecule has 45 heavy (non-hydrogen) atoms. The smallest absolute Gasteiger partial charge is 0.287 e. The van der Waals surface area contributed by atoms with Gasteiger partial charge < -0.3 is 30.3 Å². The van der Waals surface area contributed by atoms with E-state index in [1.54, 1.807) is 30.3 Å². The molecule has 4 N–H and O–H groups in total. The van der Waals surface area contributed by atoms with Crippen LogP contribution in [0.25, 0.3) is 11.0 Å². The van der Waals surface area contributed by atoms with E-state index in [4.69, 9.17) is 4.42 Å². The number of carbonyl (C=O) groups excluding carboxylic acids is 5. The highest BCUT2D eigenvalue weighted by Crippen LogP contribution is 2.53. The number of furan rings is 1. The molecule has 4 aliphatic carbocycles. The van der Waals surface area contributed by atoms with Crippen LogP contribution >= 0.6 is 0 Å². The van der Waals surface area contributed by atoms with Gasteiger partial charge in [-0.25, -0.2) is 0 Å². The van der Waals surface area contributed by atoms with Gasteiger partial charge in [0.05, 0.1) is 5.56 Å². The number of amides is 4. The van der Waals surface area contributed by atoms with E-state index in [1.165, 1.54) is 36.6 Å². The van der Waals surface area contributed by atoms with E-state index in [2.05, 4.69) is 21.3 Å². The summed E-state index contributed by atoms with van der Waals surface area (Å²) < 4.78 is 6.68. The maximum atomic E-state index is 13.4. The number of benzene rings is 1. The first-order valence-electron chi connectivity index (χ1n) is 15.5. The molecule has 0 unspecified atom stereocenters. The minimum absolute atomic E-state index is 0.0874. The topological polar surface area (TPSA) is 169 Å². The van der Waals surface area contributed by atoms with E-state index < -0.39 is 35.1 Å². The summed E-state index contributed by atoms with van der Waals surface area (Å²) >= 11 is 0. The fourth-order valence-electron chi connectivity index (χ4n) is 7.71. The second kappa shape index (κ2) is 12.7.